The first-order chi connectivity index (χ1) is 11.2. The summed E-state index contributed by atoms with van der Waals surface area (Å²) in [5, 5.41) is 7.06. The molecular formula is C18H36N2O2S. The van der Waals surface area contributed by atoms with E-state index in [9.17, 15) is 8.42 Å². The Hall–Kier alpha value is -0.130. The Balaban J connectivity index is 1.48. The number of hydrogen-bond acceptors (Lipinski definition) is 4. The van der Waals surface area contributed by atoms with Gasteiger partial charge in [0.1, 0.15) is 9.84 Å². The molecule has 4 nitrogen and oxygen atoms in total. The molecule has 2 aliphatic rings. The van der Waals surface area contributed by atoms with Crippen LogP contribution in [0.4, 0.5) is 0 Å². The van der Waals surface area contributed by atoms with Gasteiger partial charge in [-0.3, -0.25) is 0 Å². The van der Waals surface area contributed by atoms with Crippen molar-refractivity contribution in [1.82, 2.24) is 10.6 Å². The molecule has 5 heteroatoms. The molecule has 0 heterocycles. The molecule has 2 rings (SSSR count). The molecule has 2 saturated carbocycles. The van der Waals surface area contributed by atoms with Crippen molar-refractivity contribution in [3.05, 3.63) is 0 Å². The van der Waals surface area contributed by atoms with E-state index in [0.29, 0.717) is 23.6 Å². The van der Waals surface area contributed by atoms with Crippen LogP contribution in [0.15, 0.2) is 0 Å². The quantitative estimate of drug-likeness (QED) is 0.598. The minimum atomic E-state index is -2.87. The van der Waals surface area contributed by atoms with Gasteiger partial charge in [0.2, 0.25) is 0 Å². The lowest BCUT2D eigenvalue weighted by Crippen LogP contribution is -2.33. The third kappa shape index (κ3) is 8.50. The second kappa shape index (κ2) is 10.7. The van der Waals surface area contributed by atoms with Gasteiger partial charge in [0.25, 0.3) is 0 Å². The van der Waals surface area contributed by atoms with Gasteiger partial charge in [-0.05, 0) is 51.6 Å². The average Bonchev–Trinajstić information content (AvgIpc) is 2.58. The van der Waals surface area contributed by atoms with Crippen molar-refractivity contribution < 1.29 is 8.42 Å². The molecule has 2 aliphatic carbocycles. The van der Waals surface area contributed by atoms with E-state index < -0.39 is 9.84 Å². The first kappa shape index (κ1) is 19.2. The van der Waals surface area contributed by atoms with Crippen LogP contribution in [0.25, 0.3) is 0 Å². The van der Waals surface area contributed by atoms with Gasteiger partial charge >= 0.3 is 0 Å². The third-order valence-corrected chi connectivity index (χ3v) is 7.16. The molecule has 0 aromatic carbocycles. The van der Waals surface area contributed by atoms with E-state index in [1.54, 1.807) is 0 Å². The lowest BCUT2D eigenvalue weighted by molar-refractivity contribution is 0.373. The molecular weight excluding hydrogens is 308 g/mol. The van der Waals surface area contributed by atoms with Crippen LogP contribution in [0.5, 0.6) is 0 Å². The molecule has 0 aromatic heterocycles. The fourth-order valence-electron chi connectivity index (χ4n) is 3.91. The van der Waals surface area contributed by atoms with E-state index in [0.717, 1.165) is 25.9 Å². The summed E-state index contributed by atoms with van der Waals surface area (Å²) in [4.78, 5) is 0. The van der Waals surface area contributed by atoms with Gasteiger partial charge in [0.05, 0.1) is 11.5 Å². The summed E-state index contributed by atoms with van der Waals surface area (Å²) in [6, 6.07) is 1.26. The fraction of sp³-hybridized carbons (Fsp3) is 1.00. The Morgan fingerprint density at radius 2 is 1.04 bits per heavy atom. The maximum absolute atomic E-state index is 12.1. The molecule has 0 amide bonds. The maximum atomic E-state index is 12.1. The number of rotatable bonds is 10. The van der Waals surface area contributed by atoms with Crippen LogP contribution in [0.1, 0.15) is 77.0 Å². The summed E-state index contributed by atoms with van der Waals surface area (Å²) in [5.74, 6) is 0.687. The molecule has 23 heavy (non-hydrogen) atoms. The fourth-order valence-corrected chi connectivity index (χ4v) is 5.28. The molecule has 2 N–H and O–H groups in total. The minimum Gasteiger partial charge on any atom is -0.314 e. The molecule has 0 saturated heterocycles. The van der Waals surface area contributed by atoms with Crippen LogP contribution in [0, 0.1) is 0 Å². The molecule has 0 spiro atoms. The third-order valence-electron chi connectivity index (χ3n) is 5.34. The smallest absolute Gasteiger partial charge is 0.150 e. The molecule has 0 radical (unpaired) electrons. The van der Waals surface area contributed by atoms with Crippen LogP contribution < -0.4 is 10.6 Å². The van der Waals surface area contributed by atoms with Gasteiger partial charge in [-0.25, -0.2) is 8.42 Å². The van der Waals surface area contributed by atoms with E-state index in [4.69, 9.17) is 0 Å². The Kier molecular flexibility index (Phi) is 8.91. The van der Waals surface area contributed by atoms with Crippen LogP contribution >= 0.6 is 0 Å². The van der Waals surface area contributed by atoms with Gasteiger partial charge in [-0.15, -0.1) is 0 Å². The van der Waals surface area contributed by atoms with Crippen molar-refractivity contribution in [2.45, 2.75) is 89.1 Å². The number of sulfone groups is 1. The lowest BCUT2D eigenvalue weighted by atomic mass is 9.95. The zero-order valence-corrected chi connectivity index (χ0v) is 15.5. The summed E-state index contributed by atoms with van der Waals surface area (Å²) in [6.45, 7) is 1.70. The lowest BCUT2D eigenvalue weighted by Gasteiger charge is -2.23. The molecule has 0 bridgehead atoms. The normalized spacial score (nSPS) is 21.6. The Morgan fingerprint density at radius 1 is 0.652 bits per heavy atom. The van der Waals surface area contributed by atoms with Crippen LogP contribution in [-0.4, -0.2) is 45.1 Å². The molecule has 136 valence electrons. The summed E-state index contributed by atoms with van der Waals surface area (Å²) in [7, 11) is -2.87. The molecule has 0 aromatic rings. The van der Waals surface area contributed by atoms with Crippen molar-refractivity contribution in [3.63, 3.8) is 0 Å². The Morgan fingerprint density at radius 3 is 1.43 bits per heavy atom. The largest absolute Gasteiger partial charge is 0.314 e. The number of nitrogens with one attached hydrogen (secondary N) is 2. The average molecular weight is 345 g/mol. The van der Waals surface area contributed by atoms with Crippen molar-refractivity contribution in [2.75, 3.05) is 24.6 Å². The first-order valence-electron chi connectivity index (χ1n) is 9.83. The molecule has 0 unspecified atom stereocenters. The van der Waals surface area contributed by atoms with E-state index in [-0.39, 0.29) is 0 Å². The highest BCUT2D eigenvalue weighted by atomic mass is 32.2. The van der Waals surface area contributed by atoms with Gasteiger partial charge in [0, 0.05) is 12.1 Å². The highest BCUT2D eigenvalue weighted by Gasteiger charge is 2.15. The topological polar surface area (TPSA) is 58.2 Å². The monoisotopic (exact) mass is 344 g/mol. The SMILES string of the molecule is O=S(=O)(CCCNC1CCCCC1)CCCNC1CCCCC1. The molecule has 0 aliphatic heterocycles. The Bertz CT molecular complexity index is 367. The van der Waals surface area contributed by atoms with Gasteiger partial charge < -0.3 is 10.6 Å². The van der Waals surface area contributed by atoms with Gasteiger partial charge in [0.15, 0.2) is 0 Å². The highest BCUT2D eigenvalue weighted by Crippen LogP contribution is 2.18. The van der Waals surface area contributed by atoms with Crippen molar-refractivity contribution in [1.29, 1.82) is 0 Å². The summed E-state index contributed by atoms with van der Waals surface area (Å²) >= 11 is 0. The minimum absolute atomic E-state index is 0.343. The molecule has 2 fully saturated rings. The summed E-state index contributed by atoms with van der Waals surface area (Å²) in [5.41, 5.74) is 0. The maximum Gasteiger partial charge on any atom is 0.150 e. The van der Waals surface area contributed by atoms with Gasteiger partial charge in [-0.1, -0.05) is 38.5 Å². The number of hydrogen-bond donors (Lipinski definition) is 2. The first-order valence-corrected chi connectivity index (χ1v) is 11.6. The van der Waals surface area contributed by atoms with Crippen molar-refractivity contribution in [3.8, 4) is 0 Å². The standard InChI is InChI=1S/C18H36N2O2S/c21-23(22,15-7-13-19-17-9-3-1-4-10-17)16-8-14-20-18-11-5-2-6-12-18/h17-20H,1-16H2. The van der Waals surface area contributed by atoms with Crippen LogP contribution in [0.2, 0.25) is 0 Å². The van der Waals surface area contributed by atoms with E-state index in [1.807, 2.05) is 0 Å². The predicted molar refractivity (Wildman–Crippen MR) is 97.6 cm³/mol. The van der Waals surface area contributed by atoms with Crippen molar-refractivity contribution in [2.24, 2.45) is 0 Å². The van der Waals surface area contributed by atoms with Crippen LogP contribution in [-0.2, 0) is 9.84 Å². The van der Waals surface area contributed by atoms with E-state index in [1.165, 1.54) is 64.2 Å². The van der Waals surface area contributed by atoms with E-state index in [2.05, 4.69) is 10.6 Å². The van der Waals surface area contributed by atoms with E-state index >= 15 is 0 Å². The zero-order valence-electron chi connectivity index (χ0n) is 14.7. The van der Waals surface area contributed by atoms with Gasteiger partial charge in [-0.2, -0.15) is 0 Å². The molecule has 0 atom stereocenters. The predicted octanol–water partition coefficient (Wildman–Crippen LogP) is 3.03. The Labute approximate surface area is 143 Å². The van der Waals surface area contributed by atoms with Crippen molar-refractivity contribution >= 4 is 9.84 Å². The zero-order chi connectivity index (χ0) is 16.4. The summed E-state index contributed by atoms with van der Waals surface area (Å²) < 4.78 is 24.2. The highest BCUT2D eigenvalue weighted by molar-refractivity contribution is 7.91. The second-order valence-corrected chi connectivity index (χ2v) is 9.74. The second-order valence-electron chi connectivity index (χ2n) is 7.44. The summed E-state index contributed by atoms with van der Waals surface area (Å²) in [6.07, 6.45) is 14.6. The van der Waals surface area contributed by atoms with Crippen LogP contribution in [0.3, 0.4) is 0 Å².